The number of hydrogen-bond acceptors (Lipinski definition) is 1. The summed E-state index contributed by atoms with van der Waals surface area (Å²) in [6.07, 6.45) is 1.32. The molecule has 0 spiro atoms. The second kappa shape index (κ2) is 4.97. The maximum atomic E-state index is 12.8. The van der Waals surface area contributed by atoms with Crippen molar-refractivity contribution in [1.29, 1.82) is 0 Å². The molecule has 17 heavy (non-hydrogen) atoms. The maximum absolute atomic E-state index is 12.8. The lowest BCUT2D eigenvalue weighted by Gasteiger charge is -2.03. The molecule has 0 saturated heterocycles. The van der Waals surface area contributed by atoms with Gasteiger partial charge in [0.1, 0.15) is 5.82 Å². The average Bonchev–Trinajstić information content (AvgIpc) is 2.34. The van der Waals surface area contributed by atoms with Crippen LogP contribution in [0.25, 0.3) is 0 Å². The molecule has 86 valence electrons. The maximum Gasteiger partial charge on any atom is 0.216 e. The molecule has 0 N–H and O–H groups in total. The lowest BCUT2D eigenvalue weighted by molar-refractivity contribution is -0.354. The monoisotopic (exact) mass is 249 g/mol. The summed E-state index contributed by atoms with van der Waals surface area (Å²) in [6.45, 7) is 0. The van der Waals surface area contributed by atoms with Gasteiger partial charge in [-0.05, 0) is 18.2 Å². The van der Waals surface area contributed by atoms with E-state index in [1.165, 1.54) is 24.4 Å². The van der Waals surface area contributed by atoms with Gasteiger partial charge in [-0.25, -0.2) is 4.39 Å². The van der Waals surface area contributed by atoms with Crippen LogP contribution in [0, 0.1) is 11.0 Å². The van der Waals surface area contributed by atoms with Crippen molar-refractivity contribution in [2.45, 2.75) is 0 Å². The van der Waals surface area contributed by atoms with Gasteiger partial charge in [0.05, 0.1) is 10.6 Å². The molecule has 0 aliphatic carbocycles. The first kappa shape index (κ1) is 11.6. The fraction of sp³-hybridized carbons (Fsp3) is 0. The second-order valence-corrected chi connectivity index (χ2v) is 3.86. The Morgan fingerprint density at radius 3 is 2.47 bits per heavy atom. The molecular weight excluding hydrogens is 241 g/mol. The topological polar surface area (TPSA) is 26.1 Å². The van der Waals surface area contributed by atoms with Crippen molar-refractivity contribution in [2.75, 3.05) is 0 Å². The summed E-state index contributed by atoms with van der Waals surface area (Å²) in [5.41, 5.74) is 0.972. The zero-order valence-corrected chi connectivity index (χ0v) is 9.56. The predicted molar refractivity (Wildman–Crippen MR) is 66.3 cm³/mol. The molecule has 2 aromatic rings. The standard InChI is InChI=1S/C13H9ClFNO/c14-13-8-11(15)7-6-10(13)9-16(17)12-4-2-1-3-5-12/h1-9H. The van der Waals surface area contributed by atoms with Gasteiger partial charge in [-0.1, -0.05) is 29.8 Å². The molecule has 2 aromatic carbocycles. The molecule has 0 radical (unpaired) electrons. The lowest BCUT2D eigenvalue weighted by atomic mass is 10.2. The first-order chi connectivity index (χ1) is 8.16. The Morgan fingerprint density at radius 2 is 1.82 bits per heavy atom. The van der Waals surface area contributed by atoms with Gasteiger partial charge in [0, 0.05) is 12.1 Å². The van der Waals surface area contributed by atoms with Crippen LogP contribution >= 0.6 is 11.6 Å². The van der Waals surface area contributed by atoms with Crippen molar-refractivity contribution in [1.82, 2.24) is 0 Å². The molecule has 0 bridgehead atoms. The SMILES string of the molecule is [O-][N+](=Cc1ccc(F)cc1Cl)c1ccccc1. The number of nitrogens with zero attached hydrogens (tertiary/aromatic N) is 1. The van der Waals surface area contributed by atoms with Crippen LogP contribution in [0.5, 0.6) is 0 Å². The molecule has 4 heteroatoms. The molecule has 0 atom stereocenters. The summed E-state index contributed by atoms with van der Waals surface area (Å²) in [5.74, 6) is -0.427. The summed E-state index contributed by atoms with van der Waals surface area (Å²) in [6, 6.07) is 12.6. The Bertz CT molecular complexity index is 555. The number of hydrogen-bond donors (Lipinski definition) is 0. The van der Waals surface area contributed by atoms with Crippen LogP contribution in [0.2, 0.25) is 5.02 Å². The summed E-state index contributed by atoms with van der Waals surface area (Å²) >= 11 is 5.82. The van der Waals surface area contributed by atoms with Gasteiger partial charge >= 0.3 is 0 Å². The number of benzene rings is 2. The van der Waals surface area contributed by atoms with E-state index < -0.39 is 5.82 Å². The molecule has 0 amide bonds. The van der Waals surface area contributed by atoms with Crippen molar-refractivity contribution in [3.8, 4) is 0 Å². The van der Waals surface area contributed by atoms with E-state index in [9.17, 15) is 9.60 Å². The Morgan fingerprint density at radius 1 is 1.12 bits per heavy atom. The van der Waals surface area contributed by atoms with E-state index in [0.29, 0.717) is 16.0 Å². The highest BCUT2D eigenvalue weighted by Crippen LogP contribution is 2.16. The van der Waals surface area contributed by atoms with Crippen LogP contribution in [0.3, 0.4) is 0 Å². The molecular formula is C13H9ClFNO. The van der Waals surface area contributed by atoms with Gasteiger partial charge in [-0.3, -0.25) is 0 Å². The second-order valence-electron chi connectivity index (χ2n) is 3.46. The Hall–Kier alpha value is -1.87. The van der Waals surface area contributed by atoms with Crippen LogP contribution in [0.15, 0.2) is 48.5 Å². The Labute approximate surface area is 103 Å². The highest BCUT2D eigenvalue weighted by atomic mass is 35.5. The van der Waals surface area contributed by atoms with E-state index in [4.69, 9.17) is 11.6 Å². The fourth-order valence-electron chi connectivity index (χ4n) is 1.38. The first-order valence-corrected chi connectivity index (χ1v) is 5.36. The smallest absolute Gasteiger partial charge is 0.216 e. The zero-order valence-electron chi connectivity index (χ0n) is 8.81. The Balaban J connectivity index is 2.36. The minimum absolute atomic E-state index is 0.210. The summed E-state index contributed by atoms with van der Waals surface area (Å²) in [7, 11) is 0. The quantitative estimate of drug-likeness (QED) is 0.345. The van der Waals surface area contributed by atoms with E-state index in [2.05, 4.69) is 0 Å². The molecule has 0 aromatic heterocycles. The number of rotatable bonds is 2. The van der Waals surface area contributed by atoms with Crippen LogP contribution in [0.1, 0.15) is 5.56 Å². The third kappa shape index (κ3) is 2.82. The Kier molecular flexibility index (Phi) is 3.40. The summed E-state index contributed by atoms with van der Waals surface area (Å²) < 4.78 is 13.5. The van der Waals surface area contributed by atoms with Crippen molar-refractivity contribution in [3.05, 3.63) is 70.1 Å². The third-order valence-electron chi connectivity index (χ3n) is 2.23. The molecule has 2 nitrogen and oxygen atoms in total. The molecule has 0 heterocycles. The molecule has 0 fully saturated rings. The van der Waals surface area contributed by atoms with Gasteiger partial charge in [0.2, 0.25) is 5.69 Å². The minimum Gasteiger partial charge on any atom is -0.618 e. The fourth-order valence-corrected chi connectivity index (χ4v) is 1.60. The van der Waals surface area contributed by atoms with Crippen molar-refractivity contribution in [3.63, 3.8) is 0 Å². The molecule has 2 rings (SSSR count). The summed E-state index contributed by atoms with van der Waals surface area (Å²) in [5, 5.41) is 12.0. The average molecular weight is 250 g/mol. The van der Waals surface area contributed by atoms with E-state index >= 15 is 0 Å². The van der Waals surface area contributed by atoms with Crippen LogP contribution in [0.4, 0.5) is 10.1 Å². The number of halogens is 2. The van der Waals surface area contributed by atoms with Crippen LogP contribution < -0.4 is 0 Å². The highest BCUT2D eigenvalue weighted by Gasteiger charge is 2.05. The van der Waals surface area contributed by atoms with Crippen LogP contribution in [-0.4, -0.2) is 11.0 Å². The van der Waals surface area contributed by atoms with Gasteiger partial charge in [0.15, 0.2) is 6.21 Å². The van der Waals surface area contributed by atoms with Crippen molar-refractivity contribution < 1.29 is 9.13 Å². The largest absolute Gasteiger partial charge is 0.618 e. The highest BCUT2D eigenvalue weighted by molar-refractivity contribution is 6.32. The normalized spacial score (nSPS) is 11.5. The van der Waals surface area contributed by atoms with Gasteiger partial charge < -0.3 is 5.21 Å². The minimum atomic E-state index is -0.427. The third-order valence-corrected chi connectivity index (χ3v) is 2.56. The van der Waals surface area contributed by atoms with Gasteiger partial charge in [-0.15, -0.1) is 0 Å². The summed E-state index contributed by atoms with van der Waals surface area (Å²) in [4.78, 5) is 0. The zero-order chi connectivity index (χ0) is 12.3. The molecule has 0 unspecified atom stereocenters. The predicted octanol–water partition coefficient (Wildman–Crippen LogP) is 3.74. The van der Waals surface area contributed by atoms with E-state index in [1.54, 1.807) is 24.3 Å². The van der Waals surface area contributed by atoms with E-state index in [-0.39, 0.29) is 5.02 Å². The van der Waals surface area contributed by atoms with E-state index in [0.717, 1.165) is 0 Å². The lowest BCUT2D eigenvalue weighted by Crippen LogP contribution is -1.99. The number of para-hydroxylation sites is 1. The van der Waals surface area contributed by atoms with Crippen molar-refractivity contribution in [2.24, 2.45) is 0 Å². The van der Waals surface area contributed by atoms with Gasteiger partial charge in [-0.2, -0.15) is 4.74 Å². The molecule has 0 aliphatic heterocycles. The van der Waals surface area contributed by atoms with Crippen molar-refractivity contribution >= 4 is 23.5 Å². The van der Waals surface area contributed by atoms with Crippen LogP contribution in [-0.2, 0) is 0 Å². The first-order valence-electron chi connectivity index (χ1n) is 4.98. The van der Waals surface area contributed by atoms with Gasteiger partial charge in [0.25, 0.3) is 0 Å². The molecule has 0 saturated carbocycles. The van der Waals surface area contributed by atoms with E-state index in [1.807, 2.05) is 6.07 Å². The molecule has 0 aliphatic rings.